The summed E-state index contributed by atoms with van der Waals surface area (Å²) in [4.78, 5) is 12.0. The summed E-state index contributed by atoms with van der Waals surface area (Å²) in [5.74, 6) is -0.291. The van der Waals surface area contributed by atoms with Gasteiger partial charge >= 0.3 is 5.97 Å². The Balaban J connectivity index is 2.14. The average Bonchev–Trinajstić information content (AvgIpc) is 2.88. The number of benzene rings is 1. The number of rotatable bonds is 6. The van der Waals surface area contributed by atoms with E-state index in [0.29, 0.717) is 6.54 Å². The first-order chi connectivity index (χ1) is 10.2. The second-order valence-electron chi connectivity index (χ2n) is 4.84. The lowest BCUT2D eigenvalue weighted by atomic mass is 10.1. The second kappa shape index (κ2) is 7.04. The zero-order chi connectivity index (χ0) is 15.2. The first-order valence-electron chi connectivity index (χ1n) is 7.05. The molecule has 1 atom stereocenters. The number of nitrogens with zero attached hydrogens (tertiary/aromatic N) is 2. The van der Waals surface area contributed by atoms with Crippen molar-refractivity contribution in [3.8, 4) is 0 Å². The highest BCUT2D eigenvalue weighted by Crippen LogP contribution is 2.15. The summed E-state index contributed by atoms with van der Waals surface area (Å²) in [6, 6.07) is 11.1. The fourth-order valence-electron chi connectivity index (χ4n) is 2.32. The Morgan fingerprint density at radius 2 is 2.10 bits per heavy atom. The van der Waals surface area contributed by atoms with E-state index in [0.717, 1.165) is 23.5 Å². The quantitative estimate of drug-likeness (QED) is 0.828. The summed E-state index contributed by atoms with van der Waals surface area (Å²) in [6.07, 6.45) is 0. The van der Waals surface area contributed by atoms with Gasteiger partial charge < -0.3 is 4.74 Å². The summed E-state index contributed by atoms with van der Waals surface area (Å²) < 4.78 is 6.83. The van der Waals surface area contributed by atoms with Crippen molar-refractivity contribution in [3.63, 3.8) is 0 Å². The Hall–Kier alpha value is -2.14. The number of aryl methyl sites for hydroxylation is 2. The van der Waals surface area contributed by atoms with Gasteiger partial charge in [0, 0.05) is 13.1 Å². The third-order valence-corrected chi connectivity index (χ3v) is 3.34. The SMILES string of the molecule is CCn1nc(C)cc1CNC(C(=O)OC)c1ccccc1. The third kappa shape index (κ3) is 3.70. The van der Waals surface area contributed by atoms with Crippen molar-refractivity contribution >= 4 is 5.97 Å². The van der Waals surface area contributed by atoms with Crippen molar-refractivity contribution in [2.75, 3.05) is 7.11 Å². The van der Waals surface area contributed by atoms with Crippen LogP contribution in [-0.4, -0.2) is 22.9 Å². The summed E-state index contributed by atoms with van der Waals surface area (Å²) in [5.41, 5.74) is 2.92. The second-order valence-corrected chi connectivity index (χ2v) is 4.84. The molecule has 0 aliphatic heterocycles. The van der Waals surface area contributed by atoms with Crippen LogP contribution in [0.4, 0.5) is 0 Å². The molecule has 1 N–H and O–H groups in total. The Morgan fingerprint density at radius 3 is 2.71 bits per heavy atom. The molecule has 0 bridgehead atoms. The van der Waals surface area contributed by atoms with Crippen LogP contribution >= 0.6 is 0 Å². The third-order valence-electron chi connectivity index (χ3n) is 3.34. The zero-order valence-electron chi connectivity index (χ0n) is 12.7. The van der Waals surface area contributed by atoms with E-state index in [4.69, 9.17) is 4.74 Å². The van der Waals surface area contributed by atoms with Crippen molar-refractivity contribution in [1.82, 2.24) is 15.1 Å². The fourth-order valence-corrected chi connectivity index (χ4v) is 2.32. The van der Waals surface area contributed by atoms with Crippen molar-refractivity contribution in [3.05, 3.63) is 53.3 Å². The first-order valence-corrected chi connectivity index (χ1v) is 7.05. The summed E-state index contributed by atoms with van der Waals surface area (Å²) in [6.45, 7) is 5.37. The number of esters is 1. The lowest BCUT2D eigenvalue weighted by molar-refractivity contribution is -0.143. The summed E-state index contributed by atoms with van der Waals surface area (Å²) in [5, 5.41) is 7.66. The smallest absolute Gasteiger partial charge is 0.327 e. The van der Waals surface area contributed by atoms with Gasteiger partial charge in [-0.15, -0.1) is 0 Å². The maximum Gasteiger partial charge on any atom is 0.327 e. The molecule has 0 aliphatic carbocycles. The topological polar surface area (TPSA) is 56.2 Å². The van der Waals surface area contributed by atoms with Gasteiger partial charge in [-0.1, -0.05) is 30.3 Å². The van der Waals surface area contributed by atoms with Gasteiger partial charge in [-0.3, -0.25) is 10.00 Å². The molecular weight excluding hydrogens is 266 g/mol. The van der Waals surface area contributed by atoms with Crippen molar-refractivity contribution in [2.24, 2.45) is 0 Å². The van der Waals surface area contributed by atoms with E-state index in [1.54, 1.807) is 0 Å². The van der Waals surface area contributed by atoms with Crippen LogP contribution in [-0.2, 0) is 22.6 Å². The van der Waals surface area contributed by atoms with E-state index in [2.05, 4.69) is 10.4 Å². The van der Waals surface area contributed by atoms with Gasteiger partial charge in [0.2, 0.25) is 0 Å². The lowest BCUT2D eigenvalue weighted by Gasteiger charge is -2.17. The molecule has 21 heavy (non-hydrogen) atoms. The lowest BCUT2D eigenvalue weighted by Crippen LogP contribution is -2.30. The predicted molar refractivity (Wildman–Crippen MR) is 80.7 cm³/mol. The van der Waals surface area contributed by atoms with Crippen LogP contribution in [0, 0.1) is 6.92 Å². The number of carbonyl (C=O) groups excluding carboxylic acids is 1. The molecule has 0 saturated carbocycles. The largest absolute Gasteiger partial charge is 0.468 e. The number of methoxy groups -OCH3 is 1. The van der Waals surface area contributed by atoms with E-state index in [1.165, 1.54) is 7.11 Å². The standard InChI is InChI=1S/C16H21N3O2/c1-4-19-14(10-12(2)18-19)11-17-15(16(20)21-3)13-8-6-5-7-9-13/h5-10,15,17H,4,11H2,1-3H3. The molecule has 2 rings (SSSR count). The number of aromatic nitrogens is 2. The molecule has 5 nitrogen and oxygen atoms in total. The van der Waals surface area contributed by atoms with Gasteiger partial charge in [-0.25, -0.2) is 4.79 Å². The molecular formula is C16H21N3O2. The molecule has 2 aromatic rings. The van der Waals surface area contributed by atoms with Crippen LogP contribution in [0.2, 0.25) is 0 Å². The van der Waals surface area contributed by atoms with Crippen LogP contribution < -0.4 is 5.32 Å². The Morgan fingerprint density at radius 1 is 1.38 bits per heavy atom. The summed E-state index contributed by atoms with van der Waals surface area (Å²) >= 11 is 0. The highest BCUT2D eigenvalue weighted by atomic mass is 16.5. The Labute approximate surface area is 124 Å². The number of hydrogen-bond donors (Lipinski definition) is 1. The van der Waals surface area contributed by atoms with E-state index in [9.17, 15) is 4.79 Å². The van der Waals surface area contributed by atoms with Crippen LogP contribution in [0.3, 0.4) is 0 Å². The number of ether oxygens (including phenoxy) is 1. The minimum Gasteiger partial charge on any atom is -0.468 e. The molecule has 1 heterocycles. The molecule has 0 fully saturated rings. The van der Waals surface area contributed by atoms with E-state index >= 15 is 0 Å². The predicted octanol–water partition coefficient (Wildman–Crippen LogP) is 2.22. The average molecular weight is 287 g/mol. The molecule has 0 saturated heterocycles. The Bertz CT molecular complexity index is 593. The number of nitrogens with one attached hydrogen (secondary N) is 1. The van der Waals surface area contributed by atoms with E-state index in [1.807, 2.05) is 54.9 Å². The molecule has 112 valence electrons. The fraction of sp³-hybridized carbons (Fsp3) is 0.375. The Kier molecular flexibility index (Phi) is 5.11. The highest BCUT2D eigenvalue weighted by Gasteiger charge is 2.21. The highest BCUT2D eigenvalue weighted by molar-refractivity contribution is 5.77. The number of hydrogen-bond acceptors (Lipinski definition) is 4. The molecule has 0 amide bonds. The van der Waals surface area contributed by atoms with E-state index in [-0.39, 0.29) is 5.97 Å². The minimum atomic E-state index is -0.475. The van der Waals surface area contributed by atoms with Crippen molar-refractivity contribution < 1.29 is 9.53 Å². The van der Waals surface area contributed by atoms with E-state index < -0.39 is 6.04 Å². The van der Waals surface area contributed by atoms with Crippen molar-refractivity contribution in [2.45, 2.75) is 33.0 Å². The molecule has 0 spiro atoms. The van der Waals surface area contributed by atoms with Crippen LogP contribution in [0.1, 0.15) is 29.9 Å². The molecule has 1 aromatic heterocycles. The minimum absolute atomic E-state index is 0.291. The maximum absolute atomic E-state index is 12.0. The van der Waals surface area contributed by atoms with Gasteiger partial charge in [0.1, 0.15) is 6.04 Å². The van der Waals surface area contributed by atoms with Gasteiger partial charge in [0.15, 0.2) is 0 Å². The van der Waals surface area contributed by atoms with Gasteiger partial charge in [-0.2, -0.15) is 5.10 Å². The maximum atomic E-state index is 12.0. The van der Waals surface area contributed by atoms with Gasteiger partial charge in [0.25, 0.3) is 0 Å². The molecule has 5 heteroatoms. The summed E-state index contributed by atoms with van der Waals surface area (Å²) in [7, 11) is 1.40. The molecule has 0 aliphatic rings. The van der Waals surface area contributed by atoms with Gasteiger partial charge in [0.05, 0.1) is 18.5 Å². The van der Waals surface area contributed by atoms with Crippen LogP contribution in [0.5, 0.6) is 0 Å². The van der Waals surface area contributed by atoms with Crippen LogP contribution in [0.25, 0.3) is 0 Å². The normalized spacial score (nSPS) is 12.1. The number of carbonyl (C=O) groups is 1. The molecule has 0 radical (unpaired) electrons. The first kappa shape index (κ1) is 15.3. The molecule has 1 aromatic carbocycles. The zero-order valence-corrected chi connectivity index (χ0v) is 12.7. The van der Waals surface area contributed by atoms with Crippen molar-refractivity contribution in [1.29, 1.82) is 0 Å². The van der Waals surface area contributed by atoms with Crippen LogP contribution in [0.15, 0.2) is 36.4 Å². The monoisotopic (exact) mass is 287 g/mol. The van der Waals surface area contributed by atoms with Gasteiger partial charge in [-0.05, 0) is 25.5 Å². The molecule has 1 unspecified atom stereocenters.